The van der Waals surface area contributed by atoms with Gasteiger partial charge in [0.2, 0.25) is 5.91 Å². The molecule has 3 aromatic rings. The fourth-order valence-electron chi connectivity index (χ4n) is 5.34. The van der Waals surface area contributed by atoms with Crippen LogP contribution < -0.4 is 20.4 Å². The second-order valence-corrected chi connectivity index (χ2v) is 11.9. The van der Waals surface area contributed by atoms with Gasteiger partial charge in [-0.15, -0.1) is 11.3 Å². The molecule has 6 nitrogen and oxygen atoms in total. The van der Waals surface area contributed by atoms with Gasteiger partial charge in [-0.25, -0.2) is 0 Å². The highest BCUT2D eigenvalue weighted by atomic mass is 32.1. The van der Waals surface area contributed by atoms with Crippen LogP contribution in [0, 0.1) is 5.41 Å². The van der Waals surface area contributed by atoms with Crippen molar-refractivity contribution in [2.45, 2.75) is 39.3 Å². The predicted molar refractivity (Wildman–Crippen MR) is 152 cm³/mol. The smallest absolute Gasteiger partial charge is 0.239 e. The quantitative estimate of drug-likeness (QED) is 0.439. The highest BCUT2D eigenvalue weighted by molar-refractivity contribution is 7.09. The number of hydrogen-bond donors (Lipinski definition) is 2. The zero-order chi connectivity index (χ0) is 26.2. The third-order valence-electron chi connectivity index (χ3n) is 7.08. The average molecular weight is 515 g/mol. The number of ketones is 1. The Morgan fingerprint density at radius 1 is 1.08 bits per heavy atom. The van der Waals surface area contributed by atoms with E-state index in [0.29, 0.717) is 13.0 Å². The van der Waals surface area contributed by atoms with E-state index in [1.54, 1.807) is 11.3 Å². The minimum Gasteiger partial charge on any atom is -0.378 e. The lowest BCUT2D eigenvalue weighted by Gasteiger charge is -2.38. The van der Waals surface area contributed by atoms with Gasteiger partial charge in [-0.2, -0.15) is 0 Å². The number of rotatable bonds is 6. The molecule has 0 saturated carbocycles. The molecule has 5 rings (SSSR count). The van der Waals surface area contributed by atoms with Crippen LogP contribution in [0.15, 0.2) is 77.3 Å². The van der Waals surface area contributed by atoms with E-state index in [1.165, 1.54) is 0 Å². The van der Waals surface area contributed by atoms with E-state index in [9.17, 15) is 9.59 Å². The van der Waals surface area contributed by atoms with Gasteiger partial charge in [-0.1, -0.05) is 44.2 Å². The van der Waals surface area contributed by atoms with Gasteiger partial charge in [-0.3, -0.25) is 9.59 Å². The van der Waals surface area contributed by atoms with Gasteiger partial charge in [-0.05, 0) is 53.1 Å². The van der Waals surface area contributed by atoms with Crippen molar-refractivity contribution in [3.05, 3.63) is 87.8 Å². The lowest BCUT2D eigenvalue weighted by Crippen LogP contribution is -2.41. The lowest BCUT2D eigenvalue weighted by atomic mass is 9.73. The molecule has 1 aliphatic heterocycles. The molecule has 0 saturated heterocycles. The summed E-state index contributed by atoms with van der Waals surface area (Å²) < 4.78 is 0. The first-order chi connectivity index (χ1) is 17.7. The molecular formula is C30H34N4O2S. The van der Waals surface area contributed by atoms with E-state index in [1.807, 2.05) is 55.9 Å². The molecule has 1 aliphatic carbocycles. The van der Waals surface area contributed by atoms with Crippen molar-refractivity contribution < 1.29 is 9.59 Å². The first-order valence-corrected chi connectivity index (χ1v) is 13.6. The molecule has 1 unspecified atom stereocenters. The van der Waals surface area contributed by atoms with E-state index < -0.39 is 0 Å². The summed E-state index contributed by atoms with van der Waals surface area (Å²) in [5.41, 5.74) is 5.49. The van der Waals surface area contributed by atoms with Gasteiger partial charge in [0.05, 0.1) is 30.5 Å². The van der Waals surface area contributed by atoms with Gasteiger partial charge in [0, 0.05) is 42.4 Å². The SMILES string of the molecule is CN(C)c1ccc(C2C3=C(CC(C)(C)CC3=O)Nc3ccccc3N2CC(=O)NCc2cccs2)cc1. The van der Waals surface area contributed by atoms with Crippen molar-refractivity contribution in [2.24, 2.45) is 5.41 Å². The zero-order valence-corrected chi connectivity index (χ0v) is 22.7. The summed E-state index contributed by atoms with van der Waals surface area (Å²) in [6.07, 6.45) is 1.25. The number of nitrogens with zero attached hydrogens (tertiary/aromatic N) is 2. The van der Waals surface area contributed by atoms with Gasteiger partial charge in [0.1, 0.15) is 0 Å². The molecule has 1 amide bonds. The molecule has 0 bridgehead atoms. The molecule has 0 fully saturated rings. The first-order valence-electron chi connectivity index (χ1n) is 12.7. The summed E-state index contributed by atoms with van der Waals surface area (Å²) in [7, 11) is 4.02. The molecule has 37 heavy (non-hydrogen) atoms. The van der Waals surface area contributed by atoms with Crippen molar-refractivity contribution in [1.82, 2.24) is 5.32 Å². The normalized spacial score (nSPS) is 18.4. The molecule has 192 valence electrons. The fraction of sp³-hybridized carbons (Fsp3) is 0.333. The number of thiophene rings is 1. The van der Waals surface area contributed by atoms with Crippen molar-refractivity contribution in [1.29, 1.82) is 0 Å². The predicted octanol–water partition coefficient (Wildman–Crippen LogP) is 5.75. The summed E-state index contributed by atoms with van der Waals surface area (Å²) in [5, 5.41) is 8.70. The molecule has 1 aromatic heterocycles. The number of allylic oxidation sites excluding steroid dienone is 1. The van der Waals surface area contributed by atoms with Crippen molar-refractivity contribution in [3.8, 4) is 0 Å². The Kier molecular flexibility index (Phi) is 6.82. The van der Waals surface area contributed by atoms with Crippen LogP contribution in [0.1, 0.15) is 43.2 Å². The number of hydrogen-bond acceptors (Lipinski definition) is 6. The standard InChI is InChI=1S/C30H34N4O2S/c1-30(2)16-24-28(26(35)17-30)29(20-11-13-21(14-12-20)33(3)4)34(25-10-6-5-9-23(25)32-24)19-27(36)31-18-22-8-7-15-37-22/h5-15,29,32H,16-19H2,1-4H3,(H,31,36). The molecular weight excluding hydrogens is 480 g/mol. The Labute approximate surface area is 223 Å². The fourth-order valence-corrected chi connectivity index (χ4v) is 5.98. The minimum absolute atomic E-state index is 0.0780. The van der Waals surface area contributed by atoms with Crippen LogP contribution in [-0.4, -0.2) is 32.3 Å². The number of amides is 1. The Balaban J connectivity index is 1.60. The number of para-hydroxylation sites is 2. The monoisotopic (exact) mass is 514 g/mol. The number of fused-ring (bicyclic) bond motifs is 1. The number of nitrogens with one attached hydrogen (secondary N) is 2. The summed E-state index contributed by atoms with van der Waals surface area (Å²) in [5.74, 6) is 0.0583. The largest absolute Gasteiger partial charge is 0.378 e. The van der Waals surface area contributed by atoms with E-state index in [4.69, 9.17) is 0 Å². The Morgan fingerprint density at radius 2 is 1.84 bits per heavy atom. The van der Waals surface area contributed by atoms with Crippen LogP contribution in [0.5, 0.6) is 0 Å². The van der Waals surface area contributed by atoms with Crippen LogP contribution in [0.4, 0.5) is 17.1 Å². The summed E-state index contributed by atoms with van der Waals surface area (Å²) in [4.78, 5) is 32.4. The van der Waals surface area contributed by atoms with Gasteiger partial charge < -0.3 is 20.4 Å². The summed E-state index contributed by atoms with van der Waals surface area (Å²) in [6.45, 7) is 4.92. The van der Waals surface area contributed by atoms with E-state index >= 15 is 0 Å². The van der Waals surface area contributed by atoms with Crippen molar-refractivity contribution in [3.63, 3.8) is 0 Å². The molecule has 2 aliphatic rings. The third kappa shape index (κ3) is 5.27. The minimum atomic E-state index is -0.376. The van der Waals surface area contributed by atoms with E-state index in [2.05, 4.69) is 58.5 Å². The number of Topliss-reactive ketones (excluding diaryl/α,β-unsaturated/α-hetero) is 1. The maximum atomic E-state index is 13.8. The van der Waals surface area contributed by atoms with Crippen LogP contribution in [0.25, 0.3) is 0 Å². The highest BCUT2D eigenvalue weighted by Crippen LogP contribution is 2.48. The molecule has 2 heterocycles. The van der Waals surface area contributed by atoms with Crippen LogP contribution >= 0.6 is 11.3 Å². The lowest BCUT2D eigenvalue weighted by molar-refractivity contribution is -0.120. The van der Waals surface area contributed by atoms with Crippen molar-refractivity contribution >= 4 is 40.1 Å². The number of carbonyl (C=O) groups excluding carboxylic acids is 2. The number of benzene rings is 2. The summed E-state index contributed by atoms with van der Waals surface area (Å²) in [6, 6.07) is 20.0. The molecule has 7 heteroatoms. The molecule has 2 N–H and O–H groups in total. The Morgan fingerprint density at radius 3 is 2.54 bits per heavy atom. The van der Waals surface area contributed by atoms with E-state index in [0.717, 1.165) is 45.2 Å². The van der Waals surface area contributed by atoms with Gasteiger partial charge in [0.25, 0.3) is 0 Å². The van der Waals surface area contributed by atoms with Crippen LogP contribution in [0.3, 0.4) is 0 Å². The molecule has 1 atom stereocenters. The Bertz CT molecular complexity index is 1330. The maximum Gasteiger partial charge on any atom is 0.239 e. The van der Waals surface area contributed by atoms with Crippen molar-refractivity contribution in [2.75, 3.05) is 35.8 Å². The van der Waals surface area contributed by atoms with Crippen LogP contribution in [-0.2, 0) is 16.1 Å². The molecule has 0 spiro atoms. The van der Waals surface area contributed by atoms with Gasteiger partial charge in [0.15, 0.2) is 5.78 Å². The molecule has 2 aromatic carbocycles. The molecule has 0 radical (unpaired) electrons. The second kappa shape index (κ2) is 10.1. The average Bonchev–Trinajstić information content (AvgIpc) is 3.33. The van der Waals surface area contributed by atoms with E-state index in [-0.39, 0.29) is 29.7 Å². The Hall–Kier alpha value is -3.58. The zero-order valence-electron chi connectivity index (χ0n) is 21.9. The van der Waals surface area contributed by atoms with Gasteiger partial charge >= 0.3 is 0 Å². The number of anilines is 3. The topological polar surface area (TPSA) is 64.7 Å². The second-order valence-electron chi connectivity index (χ2n) is 10.8. The first kappa shape index (κ1) is 25.1. The number of carbonyl (C=O) groups is 2. The maximum absolute atomic E-state index is 13.8. The van der Waals surface area contributed by atoms with Crippen LogP contribution in [0.2, 0.25) is 0 Å². The summed E-state index contributed by atoms with van der Waals surface area (Å²) >= 11 is 1.62. The highest BCUT2D eigenvalue weighted by Gasteiger charge is 2.41. The third-order valence-corrected chi connectivity index (χ3v) is 7.96.